The number of halogens is 1. The largest absolute Gasteiger partial charge is 0.275 e. The highest BCUT2D eigenvalue weighted by molar-refractivity contribution is 5.66. The van der Waals surface area contributed by atoms with Gasteiger partial charge in [-0.25, -0.2) is 13.9 Å². The summed E-state index contributed by atoms with van der Waals surface area (Å²) >= 11 is 0. The second-order valence-electron chi connectivity index (χ2n) is 5.41. The van der Waals surface area contributed by atoms with Gasteiger partial charge < -0.3 is 0 Å². The van der Waals surface area contributed by atoms with Gasteiger partial charge in [0.05, 0.1) is 17.6 Å². The topological polar surface area (TPSA) is 48.0 Å². The zero-order valence-corrected chi connectivity index (χ0v) is 12.5. The van der Waals surface area contributed by atoms with Crippen molar-refractivity contribution >= 4 is 5.65 Å². The average Bonchev–Trinajstić information content (AvgIpc) is 3.12. The molecule has 0 atom stereocenters. The van der Waals surface area contributed by atoms with Gasteiger partial charge in [-0.05, 0) is 29.8 Å². The SMILES string of the molecule is Cn1cc(-c2c(Cc3ccc(F)cc3)nc3cccnn23)cn1. The summed E-state index contributed by atoms with van der Waals surface area (Å²) in [5, 5.41) is 8.64. The van der Waals surface area contributed by atoms with Crippen LogP contribution in [0.2, 0.25) is 0 Å². The number of aryl methyl sites for hydroxylation is 1. The molecular formula is C17H14FN5. The Hall–Kier alpha value is -3.02. The fourth-order valence-electron chi connectivity index (χ4n) is 2.69. The maximum absolute atomic E-state index is 13.1. The molecule has 0 N–H and O–H groups in total. The van der Waals surface area contributed by atoms with E-state index in [-0.39, 0.29) is 5.82 Å². The van der Waals surface area contributed by atoms with Gasteiger partial charge in [0.2, 0.25) is 0 Å². The van der Waals surface area contributed by atoms with Crippen molar-refractivity contribution < 1.29 is 4.39 Å². The van der Waals surface area contributed by atoms with Gasteiger partial charge in [0.15, 0.2) is 5.65 Å². The van der Waals surface area contributed by atoms with Gasteiger partial charge in [-0.2, -0.15) is 10.2 Å². The summed E-state index contributed by atoms with van der Waals surface area (Å²) in [5.41, 5.74) is 4.54. The van der Waals surface area contributed by atoms with Crippen LogP contribution in [-0.4, -0.2) is 24.4 Å². The van der Waals surface area contributed by atoms with Crippen LogP contribution in [0.3, 0.4) is 0 Å². The van der Waals surface area contributed by atoms with E-state index in [0.29, 0.717) is 6.42 Å². The first-order valence-electron chi connectivity index (χ1n) is 7.27. The number of hydrogen-bond donors (Lipinski definition) is 0. The van der Waals surface area contributed by atoms with Crippen molar-refractivity contribution in [1.29, 1.82) is 0 Å². The lowest BCUT2D eigenvalue weighted by Crippen LogP contribution is -1.95. The van der Waals surface area contributed by atoms with Crippen LogP contribution in [0.5, 0.6) is 0 Å². The van der Waals surface area contributed by atoms with Crippen LogP contribution in [0.15, 0.2) is 55.0 Å². The Morgan fingerprint density at radius 2 is 1.91 bits per heavy atom. The van der Waals surface area contributed by atoms with Crippen molar-refractivity contribution in [3.05, 3.63) is 72.1 Å². The standard InChI is InChI=1S/C17H14FN5/c1-22-11-13(10-20-22)17-15(9-12-4-6-14(18)7-5-12)21-16-3-2-8-19-23(16)17/h2-8,10-11H,9H2,1H3. The normalized spacial score (nSPS) is 11.2. The number of hydrogen-bond acceptors (Lipinski definition) is 3. The van der Waals surface area contributed by atoms with Crippen LogP contribution in [0.1, 0.15) is 11.3 Å². The first-order valence-corrected chi connectivity index (χ1v) is 7.27. The van der Waals surface area contributed by atoms with Crippen LogP contribution in [0.4, 0.5) is 4.39 Å². The van der Waals surface area contributed by atoms with Crippen LogP contribution in [0.25, 0.3) is 16.9 Å². The van der Waals surface area contributed by atoms with Crippen molar-refractivity contribution in [2.24, 2.45) is 7.05 Å². The minimum atomic E-state index is -0.238. The highest BCUT2D eigenvalue weighted by Crippen LogP contribution is 2.26. The van der Waals surface area contributed by atoms with Crippen LogP contribution in [-0.2, 0) is 13.5 Å². The lowest BCUT2D eigenvalue weighted by atomic mass is 10.1. The van der Waals surface area contributed by atoms with E-state index >= 15 is 0 Å². The van der Waals surface area contributed by atoms with E-state index in [0.717, 1.165) is 28.2 Å². The van der Waals surface area contributed by atoms with E-state index in [1.165, 1.54) is 12.1 Å². The Morgan fingerprint density at radius 1 is 1.09 bits per heavy atom. The Bertz CT molecular complexity index is 968. The Labute approximate surface area is 132 Å². The molecule has 3 heterocycles. The number of benzene rings is 1. The highest BCUT2D eigenvalue weighted by Gasteiger charge is 2.16. The molecule has 0 aliphatic rings. The molecule has 23 heavy (non-hydrogen) atoms. The zero-order chi connectivity index (χ0) is 15.8. The molecule has 1 aromatic carbocycles. The molecule has 0 fully saturated rings. The molecular weight excluding hydrogens is 293 g/mol. The summed E-state index contributed by atoms with van der Waals surface area (Å²) in [7, 11) is 1.87. The minimum Gasteiger partial charge on any atom is -0.275 e. The van der Waals surface area contributed by atoms with Gasteiger partial charge in [-0.1, -0.05) is 12.1 Å². The predicted molar refractivity (Wildman–Crippen MR) is 84.4 cm³/mol. The maximum atomic E-state index is 13.1. The van der Waals surface area contributed by atoms with Crippen molar-refractivity contribution in [3.8, 4) is 11.3 Å². The number of imidazole rings is 1. The highest BCUT2D eigenvalue weighted by atomic mass is 19.1. The molecule has 0 saturated heterocycles. The molecule has 4 aromatic rings. The average molecular weight is 307 g/mol. The molecule has 0 aliphatic heterocycles. The van der Waals surface area contributed by atoms with Crippen LogP contribution >= 0.6 is 0 Å². The Kier molecular flexibility index (Phi) is 3.15. The number of nitrogens with zero attached hydrogens (tertiary/aromatic N) is 5. The Balaban J connectivity index is 1.86. The molecule has 0 saturated carbocycles. The van der Waals surface area contributed by atoms with Crippen LogP contribution in [0, 0.1) is 5.82 Å². The smallest absolute Gasteiger partial charge is 0.154 e. The van der Waals surface area contributed by atoms with Gasteiger partial charge >= 0.3 is 0 Å². The monoisotopic (exact) mass is 307 g/mol. The second kappa shape index (κ2) is 5.31. The molecule has 0 unspecified atom stereocenters. The molecule has 0 bridgehead atoms. The predicted octanol–water partition coefficient (Wildman–Crippen LogP) is 2.86. The minimum absolute atomic E-state index is 0.238. The third-order valence-corrected chi connectivity index (χ3v) is 3.73. The molecule has 4 rings (SSSR count). The lowest BCUT2D eigenvalue weighted by molar-refractivity contribution is 0.627. The number of rotatable bonds is 3. The Morgan fingerprint density at radius 3 is 2.65 bits per heavy atom. The van der Waals surface area contributed by atoms with E-state index in [1.807, 2.05) is 29.9 Å². The summed E-state index contributed by atoms with van der Waals surface area (Å²) in [5.74, 6) is -0.238. The summed E-state index contributed by atoms with van der Waals surface area (Å²) in [6.07, 6.45) is 6.07. The zero-order valence-electron chi connectivity index (χ0n) is 12.5. The van der Waals surface area contributed by atoms with Crippen molar-refractivity contribution in [1.82, 2.24) is 24.4 Å². The van der Waals surface area contributed by atoms with E-state index < -0.39 is 0 Å². The van der Waals surface area contributed by atoms with E-state index in [1.54, 1.807) is 29.2 Å². The molecule has 114 valence electrons. The third kappa shape index (κ3) is 2.48. The molecule has 0 amide bonds. The summed E-state index contributed by atoms with van der Waals surface area (Å²) < 4.78 is 16.7. The fraction of sp³-hybridized carbons (Fsp3) is 0.118. The first-order chi connectivity index (χ1) is 11.2. The third-order valence-electron chi connectivity index (χ3n) is 3.73. The molecule has 6 heteroatoms. The van der Waals surface area contributed by atoms with Gasteiger partial charge in [0.25, 0.3) is 0 Å². The van der Waals surface area contributed by atoms with E-state index in [9.17, 15) is 4.39 Å². The molecule has 0 spiro atoms. The quantitative estimate of drug-likeness (QED) is 0.585. The summed E-state index contributed by atoms with van der Waals surface area (Å²) in [6.45, 7) is 0. The lowest BCUT2D eigenvalue weighted by Gasteiger charge is -2.02. The van der Waals surface area contributed by atoms with Crippen molar-refractivity contribution in [3.63, 3.8) is 0 Å². The van der Waals surface area contributed by atoms with Crippen molar-refractivity contribution in [2.45, 2.75) is 6.42 Å². The first kappa shape index (κ1) is 13.6. The fourth-order valence-corrected chi connectivity index (χ4v) is 2.69. The van der Waals surface area contributed by atoms with Gasteiger partial charge in [0.1, 0.15) is 5.82 Å². The summed E-state index contributed by atoms with van der Waals surface area (Å²) in [4.78, 5) is 4.69. The second-order valence-corrected chi connectivity index (χ2v) is 5.41. The van der Waals surface area contributed by atoms with Crippen LogP contribution < -0.4 is 0 Å². The van der Waals surface area contributed by atoms with E-state index in [4.69, 9.17) is 0 Å². The molecule has 0 radical (unpaired) electrons. The molecule has 0 aliphatic carbocycles. The molecule has 3 aromatic heterocycles. The summed E-state index contributed by atoms with van der Waals surface area (Å²) in [6, 6.07) is 10.3. The van der Waals surface area contributed by atoms with Gasteiger partial charge in [-0.3, -0.25) is 4.68 Å². The van der Waals surface area contributed by atoms with Gasteiger partial charge in [-0.15, -0.1) is 0 Å². The maximum Gasteiger partial charge on any atom is 0.154 e. The number of fused-ring (bicyclic) bond motifs is 1. The van der Waals surface area contributed by atoms with Crippen molar-refractivity contribution in [2.75, 3.05) is 0 Å². The molecule has 5 nitrogen and oxygen atoms in total. The van der Waals surface area contributed by atoms with E-state index in [2.05, 4.69) is 15.2 Å². The van der Waals surface area contributed by atoms with Gasteiger partial charge in [0, 0.05) is 31.4 Å². The number of aromatic nitrogens is 5.